The van der Waals surface area contributed by atoms with E-state index in [2.05, 4.69) is 12.2 Å². The standard InChI is InChI=1S/C15H17F2NO2/c1-2-5-18-8-11-6-13(19-9-11)10-20-15-7-12(16)3-4-14(15)17/h3-4,6-7,9,18H,2,5,8,10H2,1H3. The van der Waals surface area contributed by atoms with Crippen LogP contribution in [0.2, 0.25) is 0 Å². The SMILES string of the molecule is CCCNCc1coc(COc2cc(F)ccc2F)c1. The van der Waals surface area contributed by atoms with Crippen molar-refractivity contribution in [2.45, 2.75) is 26.5 Å². The van der Waals surface area contributed by atoms with Crippen molar-refractivity contribution >= 4 is 0 Å². The number of ether oxygens (including phenoxy) is 1. The number of rotatable bonds is 7. The van der Waals surface area contributed by atoms with Crippen molar-refractivity contribution in [1.29, 1.82) is 0 Å². The van der Waals surface area contributed by atoms with Crippen molar-refractivity contribution in [3.63, 3.8) is 0 Å². The summed E-state index contributed by atoms with van der Waals surface area (Å²) in [4.78, 5) is 0. The zero-order chi connectivity index (χ0) is 14.4. The van der Waals surface area contributed by atoms with E-state index in [1.165, 1.54) is 0 Å². The fourth-order valence-electron chi connectivity index (χ4n) is 1.74. The number of hydrogen-bond donors (Lipinski definition) is 1. The Morgan fingerprint density at radius 3 is 2.90 bits per heavy atom. The Hall–Kier alpha value is -1.88. The van der Waals surface area contributed by atoms with Gasteiger partial charge >= 0.3 is 0 Å². The minimum atomic E-state index is -0.595. The zero-order valence-electron chi connectivity index (χ0n) is 11.3. The molecule has 0 spiro atoms. The van der Waals surface area contributed by atoms with Crippen LogP contribution < -0.4 is 10.1 Å². The van der Waals surface area contributed by atoms with Crippen LogP contribution >= 0.6 is 0 Å². The summed E-state index contributed by atoms with van der Waals surface area (Å²) in [6.07, 6.45) is 2.69. The van der Waals surface area contributed by atoms with E-state index in [1.54, 1.807) is 6.26 Å². The molecular weight excluding hydrogens is 264 g/mol. The second kappa shape index (κ2) is 7.05. The first-order chi connectivity index (χ1) is 9.69. The molecule has 0 saturated heterocycles. The van der Waals surface area contributed by atoms with E-state index in [0.717, 1.165) is 36.7 Å². The molecule has 0 bridgehead atoms. The maximum absolute atomic E-state index is 13.4. The van der Waals surface area contributed by atoms with Crippen molar-refractivity contribution in [3.8, 4) is 5.75 Å². The molecule has 20 heavy (non-hydrogen) atoms. The van der Waals surface area contributed by atoms with Gasteiger partial charge in [0.2, 0.25) is 0 Å². The predicted octanol–water partition coefficient (Wildman–Crippen LogP) is 3.64. The van der Waals surface area contributed by atoms with Crippen LogP contribution in [-0.2, 0) is 13.2 Å². The van der Waals surface area contributed by atoms with E-state index in [4.69, 9.17) is 9.15 Å². The van der Waals surface area contributed by atoms with Gasteiger partial charge in [-0.05, 0) is 31.2 Å². The Bertz CT molecular complexity index is 555. The lowest BCUT2D eigenvalue weighted by molar-refractivity contribution is 0.257. The number of benzene rings is 1. The van der Waals surface area contributed by atoms with Crippen LogP contribution in [-0.4, -0.2) is 6.54 Å². The topological polar surface area (TPSA) is 34.4 Å². The maximum Gasteiger partial charge on any atom is 0.165 e. The molecule has 0 aliphatic carbocycles. The summed E-state index contributed by atoms with van der Waals surface area (Å²) in [6.45, 7) is 3.81. The van der Waals surface area contributed by atoms with Crippen molar-refractivity contribution in [2.75, 3.05) is 6.54 Å². The molecule has 1 aromatic heterocycles. The molecule has 108 valence electrons. The molecule has 1 N–H and O–H groups in total. The normalized spacial score (nSPS) is 10.8. The number of halogens is 2. The molecule has 5 heteroatoms. The molecule has 0 aliphatic heterocycles. The Morgan fingerprint density at radius 1 is 1.25 bits per heavy atom. The quantitative estimate of drug-likeness (QED) is 0.787. The maximum atomic E-state index is 13.4. The fourth-order valence-corrected chi connectivity index (χ4v) is 1.74. The van der Waals surface area contributed by atoms with Gasteiger partial charge in [0.05, 0.1) is 6.26 Å². The van der Waals surface area contributed by atoms with Gasteiger partial charge in [0.1, 0.15) is 18.2 Å². The molecular formula is C15H17F2NO2. The van der Waals surface area contributed by atoms with Gasteiger partial charge < -0.3 is 14.5 Å². The summed E-state index contributed by atoms with van der Waals surface area (Å²) in [6, 6.07) is 4.93. The van der Waals surface area contributed by atoms with Crippen molar-refractivity contribution in [1.82, 2.24) is 5.32 Å². The van der Waals surface area contributed by atoms with Crippen molar-refractivity contribution in [2.24, 2.45) is 0 Å². The Morgan fingerprint density at radius 2 is 2.10 bits per heavy atom. The summed E-state index contributed by atoms with van der Waals surface area (Å²) >= 11 is 0. The van der Waals surface area contributed by atoms with Crippen LogP contribution in [0.4, 0.5) is 8.78 Å². The lowest BCUT2D eigenvalue weighted by Crippen LogP contribution is -2.13. The molecule has 1 aromatic carbocycles. The van der Waals surface area contributed by atoms with Crippen LogP contribution in [0, 0.1) is 11.6 Å². The second-order valence-electron chi connectivity index (χ2n) is 4.46. The molecule has 2 rings (SSSR count). The molecule has 0 fully saturated rings. The average Bonchev–Trinajstić information content (AvgIpc) is 2.88. The molecule has 0 amide bonds. The minimum absolute atomic E-state index is 0.0636. The van der Waals surface area contributed by atoms with Crippen LogP contribution in [0.15, 0.2) is 34.9 Å². The fraction of sp³-hybridized carbons (Fsp3) is 0.333. The molecule has 2 aromatic rings. The largest absolute Gasteiger partial charge is 0.482 e. The van der Waals surface area contributed by atoms with Gasteiger partial charge in [0, 0.05) is 18.2 Å². The predicted molar refractivity (Wildman–Crippen MR) is 71.4 cm³/mol. The van der Waals surface area contributed by atoms with Gasteiger partial charge in [0.15, 0.2) is 11.6 Å². The molecule has 0 aliphatic rings. The van der Waals surface area contributed by atoms with E-state index in [9.17, 15) is 8.78 Å². The number of hydrogen-bond acceptors (Lipinski definition) is 3. The van der Waals surface area contributed by atoms with E-state index < -0.39 is 11.6 Å². The van der Waals surface area contributed by atoms with Crippen molar-refractivity contribution in [3.05, 3.63) is 53.5 Å². The molecule has 0 unspecified atom stereocenters. The average molecular weight is 281 g/mol. The first kappa shape index (κ1) is 14.5. The summed E-state index contributed by atoms with van der Waals surface area (Å²) in [5, 5.41) is 3.24. The highest BCUT2D eigenvalue weighted by Crippen LogP contribution is 2.20. The third-order valence-corrected chi connectivity index (χ3v) is 2.73. The summed E-state index contributed by atoms with van der Waals surface area (Å²) in [5.41, 5.74) is 0.997. The van der Waals surface area contributed by atoms with E-state index in [1.807, 2.05) is 6.07 Å². The highest BCUT2D eigenvalue weighted by atomic mass is 19.1. The third-order valence-electron chi connectivity index (χ3n) is 2.73. The monoisotopic (exact) mass is 281 g/mol. The van der Waals surface area contributed by atoms with Gasteiger partial charge in [-0.1, -0.05) is 6.92 Å². The first-order valence-corrected chi connectivity index (χ1v) is 6.54. The van der Waals surface area contributed by atoms with E-state index in [-0.39, 0.29) is 12.4 Å². The van der Waals surface area contributed by atoms with Gasteiger partial charge in [0.25, 0.3) is 0 Å². The molecule has 0 atom stereocenters. The van der Waals surface area contributed by atoms with E-state index in [0.29, 0.717) is 12.3 Å². The first-order valence-electron chi connectivity index (χ1n) is 6.54. The Labute approximate surface area is 116 Å². The Kier molecular flexibility index (Phi) is 5.12. The van der Waals surface area contributed by atoms with Gasteiger partial charge in [-0.15, -0.1) is 0 Å². The number of furan rings is 1. The highest BCUT2D eigenvalue weighted by Gasteiger charge is 2.07. The molecule has 0 saturated carbocycles. The molecule has 0 radical (unpaired) electrons. The van der Waals surface area contributed by atoms with Crippen molar-refractivity contribution < 1.29 is 17.9 Å². The summed E-state index contributed by atoms with van der Waals surface area (Å²) in [7, 11) is 0. The van der Waals surface area contributed by atoms with Gasteiger partial charge in [-0.3, -0.25) is 0 Å². The highest BCUT2D eigenvalue weighted by molar-refractivity contribution is 5.25. The second-order valence-corrected chi connectivity index (χ2v) is 4.46. The van der Waals surface area contributed by atoms with Crippen LogP contribution in [0.5, 0.6) is 5.75 Å². The van der Waals surface area contributed by atoms with E-state index >= 15 is 0 Å². The smallest absolute Gasteiger partial charge is 0.165 e. The van der Waals surface area contributed by atoms with Crippen LogP contribution in [0.3, 0.4) is 0 Å². The number of nitrogens with one attached hydrogen (secondary N) is 1. The summed E-state index contributed by atoms with van der Waals surface area (Å²) in [5.74, 6) is -0.679. The summed E-state index contributed by atoms with van der Waals surface area (Å²) < 4.78 is 36.8. The van der Waals surface area contributed by atoms with Gasteiger partial charge in [-0.2, -0.15) is 0 Å². The van der Waals surface area contributed by atoms with Crippen LogP contribution in [0.1, 0.15) is 24.7 Å². The third kappa shape index (κ3) is 4.06. The molecule has 1 heterocycles. The lowest BCUT2D eigenvalue weighted by atomic mass is 10.3. The lowest BCUT2D eigenvalue weighted by Gasteiger charge is -2.05. The molecule has 3 nitrogen and oxygen atoms in total. The van der Waals surface area contributed by atoms with Gasteiger partial charge in [-0.25, -0.2) is 8.78 Å². The minimum Gasteiger partial charge on any atom is -0.482 e. The Balaban J connectivity index is 1.89. The zero-order valence-corrected chi connectivity index (χ0v) is 11.3. The van der Waals surface area contributed by atoms with Crippen LogP contribution in [0.25, 0.3) is 0 Å².